The average molecular weight is 215 g/mol. The fraction of sp³-hybridized carbons (Fsp3) is 0.167. The summed E-state index contributed by atoms with van der Waals surface area (Å²) in [6.45, 7) is 2.20. The van der Waals surface area contributed by atoms with Gasteiger partial charge < -0.3 is 10.7 Å². The predicted octanol–water partition coefficient (Wildman–Crippen LogP) is 1.20. The first-order valence-corrected chi connectivity index (χ1v) is 5.06. The number of aromatic nitrogens is 2. The lowest BCUT2D eigenvalue weighted by Gasteiger charge is -2.04. The SMILES string of the molecule is Cc1ccccc1-c1cnc(CN)[nH]c1=O. The molecule has 0 bridgehead atoms. The highest BCUT2D eigenvalue weighted by Gasteiger charge is 2.06. The first-order valence-electron chi connectivity index (χ1n) is 5.06. The Labute approximate surface area is 93.2 Å². The van der Waals surface area contributed by atoms with Gasteiger partial charge >= 0.3 is 0 Å². The van der Waals surface area contributed by atoms with Crippen molar-refractivity contribution in [3.63, 3.8) is 0 Å². The molecule has 4 heteroatoms. The quantitative estimate of drug-likeness (QED) is 0.790. The molecule has 1 aromatic carbocycles. The third kappa shape index (κ3) is 1.87. The molecule has 0 saturated heterocycles. The Balaban J connectivity index is 2.58. The molecule has 0 unspecified atom stereocenters. The molecule has 1 aromatic heterocycles. The highest BCUT2D eigenvalue weighted by molar-refractivity contribution is 5.65. The predicted molar refractivity (Wildman–Crippen MR) is 62.9 cm³/mol. The molecule has 0 radical (unpaired) electrons. The number of nitrogens with one attached hydrogen (secondary N) is 1. The molecule has 4 nitrogen and oxygen atoms in total. The Morgan fingerprint density at radius 2 is 2.06 bits per heavy atom. The van der Waals surface area contributed by atoms with E-state index in [1.165, 1.54) is 0 Å². The Morgan fingerprint density at radius 1 is 1.31 bits per heavy atom. The van der Waals surface area contributed by atoms with Crippen molar-refractivity contribution in [3.8, 4) is 11.1 Å². The molecule has 0 aliphatic carbocycles. The van der Waals surface area contributed by atoms with Gasteiger partial charge in [-0.05, 0) is 18.1 Å². The van der Waals surface area contributed by atoms with E-state index in [0.29, 0.717) is 11.4 Å². The van der Waals surface area contributed by atoms with Crippen LogP contribution >= 0.6 is 0 Å². The maximum atomic E-state index is 11.8. The summed E-state index contributed by atoms with van der Waals surface area (Å²) >= 11 is 0. The van der Waals surface area contributed by atoms with Crippen molar-refractivity contribution < 1.29 is 0 Å². The summed E-state index contributed by atoms with van der Waals surface area (Å²) < 4.78 is 0. The van der Waals surface area contributed by atoms with E-state index in [1.807, 2.05) is 31.2 Å². The highest BCUT2D eigenvalue weighted by Crippen LogP contribution is 2.18. The third-order valence-electron chi connectivity index (χ3n) is 2.48. The van der Waals surface area contributed by atoms with E-state index < -0.39 is 0 Å². The molecular formula is C12H13N3O. The fourth-order valence-electron chi connectivity index (χ4n) is 1.60. The lowest BCUT2D eigenvalue weighted by atomic mass is 10.0. The van der Waals surface area contributed by atoms with Crippen molar-refractivity contribution in [2.75, 3.05) is 0 Å². The molecule has 0 aliphatic rings. The van der Waals surface area contributed by atoms with Gasteiger partial charge in [0.2, 0.25) is 0 Å². The van der Waals surface area contributed by atoms with Crippen molar-refractivity contribution in [1.29, 1.82) is 0 Å². The van der Waals surface area contributed by atoms with E-state index in [9.17, 15) is 4.79 Å². The van der Waals surface area contributed by atoms with Crippen LogP contribution in [0.1, 0.15) is 11.4 Å². The fourth-order valence-corrected chi connectivity index (χ4v) is 1.60. The number of H-pyrrole nitrogens is 1. The summed E-state index contributed by atoms with van der Waals surface area (Å²) in [6, 6.07) is 7.71. The van der Waals surface area contributed by atoms with Crippen molar-refractivity contribution in [2.24, 2.45) is 5.73 Å². The number of hydrogen-bond acceptors (Lipinski definition) is 3. The number of nitrogens with zero attached hydrogens (tertiary/aromatic N) is 1. The van der Waals surface area contributed by atoms with Crippen molar-refractivity contribution >= 4 is 0 Å². The number of hydrogen-bond donors (Lipinski definition) is 2. The molecule has 0 amide bonds. The molecule has 3 N–H and O–H groups in total. The standard InChI is InChI=1S/C12H13N3O/c1-8-4-2-3-5-9(8)10-7-14-11(6-13)15-12(10)16/h2-5,7H,6,13H2,1H3,(H,14,15,16). The van der Waals surface area contributed by atoms with Gasteiger partial charge in [0, 0.05) is 6.20 Å². The van der Waals surface area contributed by atoms with E-state index in [4.69, 9.17) is 5.73 Å². The Kier molecular flexibility index (Phi) is 2.83. The van der Waals surface area contributed by atoms with Crippen LogP contribution in [0.2, 0.25) is 0 Å². The minimum atomic E-state index is -0.148. The second kappa shape index (κ2) is 4.28. The van der Waals surface area contributed by atoms with Gasteiger partial charge in [0.1, 0.15) is 5.82 Å². The Morgan fingerprint density at radius 3 is 2.69 bits per heavy atom. The number of nitrogens with two attached hydrogens (primary N) is 1. The Bertz CT molecular complexity index is 560. The van der Waals surface area contributed by atoms with Gasteiger partial charge in [-0.15, -0.1) is 0 Å². The largest absolute Gasteiger partial charge is 0.324 e. The van der Waals surface area contributed by atoms with Crippen molar-refractivity contribution in [3.05, 3.63) is 52.2 Å². The summed E-state index contributed by atoms with van der Waals surface area (Å²) in [7, 11) is 0. The molecule has 2 rings (SSSR count). The van der Waals surface area contributed by atoms with E-state index in [1.54, 1.807) is 6.20 Å². The zero-order chi connectivity index (χ0) is 11.5. The van der Waals surface area contributed by atoms with Crippen LogP contribution in [0, 0.1) is 6.92 Å². The zero-order valence-corrected chi connectivity index (χ0v) is 9.03. The molecule has 1 heterocycles. The minimum Gasteiger partial charge on any atom is -0.324 e. The molecule has 2 aromatic rings. The first-order chi connectivity index (χ1) is 7.72. The molecule has 82 valence electrons. The van der Waals surface area contributed by atoms with Crippen LogP contribution in [-0.4, -0.2) is 9.97 Å². The van der Waals surface area contributed by atoms with Crippen LogP contribution in [0.25, 0.3) is 11.1 Å². The van der Waals surface area contributed by atoms with Crippen LogP contribution in [0.5, 0.6) is 0 Å². The summed E-state index contributed by atoms with van der Waals surface area (Å²) in [5.41, 5.74) is 7.79. The number of rotatable bonds is 2. The second-order valence-electron chi connectivity index (χ2n) is 3.59. The van der Waals surface area contributed by atoms with Gasteiger partial charge in [0.25, 0.3) is 5.56 Å². The van der Waals surface area contributed by atoms with E-state index >= 15 is 0 Å². The second-order valence-corrected chi connectivity index (χ2v) is 3.59. The molecule has 0 aliphatic heterocycles. The van der Waals surface area contributed by atoms with Gasteiger partial charge in [-0.2, -0.15) is 0 Å². The molecule has 0 atom stereocenters. The van der Waals surface area contributed by atoms with Crippen LogP contribution in [0.15, 0.2) is 35.3 Å². The van der Waals surface area contributed by atoms with Gasteiger partial charge in [-0.25, -0.2) is 4.98 Å². The number of aromatic amines is 1. The van der Waals surface area contributed by atoms with Crippen LogP contribution < -0.4 is 11.3 Å². The molecule has 16 heavy (non-hydrogen) atoms. The lowest BCUT2D eigenvalue weighted by molar-refractivity contribution is 0.894. The lowest BCUT2D eigenvalue weighted by Crippen LogP contribution is -2.15. The van der Waals surface area contributed by atoms with E-state index in [0.717, 1.165) is 11.1 Å². The third-order valence-corrected chi connectivity index (χ3v) is 2.48. The van der Waals surface area contributed by atoms with Crippen LogP contribution in [0.3, 0.4) is 0 Å². The van der Waals surface area contributed by atoms with Gasteiger partial charge in [-0.3, -0.25) is 4.79 Å². The van der Waals surface area contributed by atoms with Crippen molar-refractivity contribution in [2.45, 2.75) is 13.5 Å². The van der Waals surface area contributed by atoms with Gasteiger partial charge in [0.05, 0.1) is 12.1 Å². The molecule has 0 fully saturated rings. The summed E-state index contributed by atoms with van der Waals surface area (Å²) in [5.74, 6) is 0.502. The van der Waals surface area contributed by atoms with Crippen molar-refractivity contribution in [1.82, 2.24) is 9.97 Å². The van der Waals surface area contributed by atoms with Crippen LogP contribution in [-0.2, 0) is 6.54 Å². The minimum absolute atomic E-state index is 0.148. The average Bonchev–Trinajstić information content (AvgIpc) is 2.30. The summed E-state index contributed by atoms with van der Waals surface area (Å²) in [4.78, 5) is 18.6. The monoisotopic (exact) mass is 215 g/mol. The Hall–Kier alpha value is -1.94. The summed E-state index contributed by atoms with van der Waals surface area (Å²) in [6.07, 6.45) is 1.57. The maximum absolute atomic E-state index is 11.8. The molecule has 0 spiro atoms. The molecule has 0 saturated carbocycles. The van der Waals surface area contributed by atoms with Gasteiger partial charge in [-0.1, -0.05) is 24.3 Å². The molecular weight excluding hydrogens is 202 g/mol. The van der Waals surface area contributed by atoms with Gasteiger partial charge in [0.15, 0.2) is 0 Å². The first kappa shape index (κ1) is 10.6. The highest BCUT2D eigenvalue weighted by atomic mass is 16.1. The normalized spacial score (nSPS) is 10.4. The topological polar surface area (TPSA) is 71.8 Å². The van der Waals surface area contributed by atoms with Crippen LogP contribution in [0.4, 0.5) is 0 Å². The van der Waals surface area contributed by atoms with E-state index in [-0.39, 0.29) is 12.1 Å². The maximum Gasteiger partial charge on any atom is 0.258 e. The number of aryl methyl sites for hydroxylation is 1. The zero-order valence-electron chi connectivity index (χ0n) is 9.03. The smallest absolute Gasteiger partial charge is 0.258 e. The van der Waals surface area contributed by atoms with E-state index in [2.05, 4.69) is 9.97 Å². The summed E-state index contributed by atoms with van der Waals surface area (Å²) in [5, 5.41) is 0. The number of benzene rings is 1.